The standard InChI is InChI=1S/C14H19F3N2O2/c1-3-10(18)6-9-4-5-12(21-8-13(20)19-2)11(7-9)14(15,16)17/h4-5,7,10H,3,6,8,18H2,1-2H3,(H,19,20). The first-order valence-electron chi connectivity index (χ1n) is 6.57. The molecule has 1 unspecified atom stereocenters. The molecule has 0 bridgehead atoms. The average molecular weight is 304 g/mol. The summed E-state index contributed by atoms with van der Waals surface area (Å²) in [4.78, 5) is 11.1. The lowest BCUT2D eigenvalue weighted by Gasteiger charge is -2.16. The third-order valence-electron chi connectivity index (χ3n) is 3.01. The molecule has 0 fully saturated rings. The van der Waals surface area contributed by atoms with E-state index < -0.39 is 24.3 Å². The van der Waals surface area contributed by atoms with E-state index in [0.717, 1.165) is 6.07 Å². The van der Waals surface area contributed by atoms with Crippen LogP contribution in [0.2, 0.25) is 0 Å². The number of hydrogen-bond donors (Lipinski definition) is 2. The maximum atomic E-state index is 13.0. The van der Waals surface area contributed by atoms with Gasteiger partial charge in [0.15, 0.2) is 6.61 Å². The molecule has 0 radical (unpaired) electrons. The van der Waals surface area contributed by atoms with Crippen LogP contribution in [0.5, 0.6) is 5.75 Å². The van der Waals surface area contributed by atoms with Gasteiger partial charge in [0.2, 0.25) is 0 Å². The van der Waals surface area contributed by atoms with Gasteiger partial charge in [-0.25, -0.2) is 0 Å². The van der Waals surface area contributed by atoms with Crippen LogP contribution in [0.3, 0.4) is 0 Å². The first-order chi connectivity index (χ1) is 9.77. The van der Waals surface area contributed by atoms with Gasteiger partial charge in [-0.2, -0.15) is 13.2 Å². The van der Waals surface area contributed by atoms with Crippen LogP contribution in [0, 0.1) is 0 Å². The smallest absolute Gasteiger partial charge is 0.419 e. The van der Waals surface area contributed by atoms with Crippen LogP contribution < -0.4 is 15.8 Å². The zero-order valence-corrected chi connectivity index (χ0v) is 12.0. The van der Waals surface area contributed by atoms with Gasteiger partial charge in [0.1, 0.15) is 5.75 Å². The summed E-state index contributed by atoms with van der Waals surface area (Å²) in [5.41, 5.74) is 5.35. The van der Waals surface area contributed by atoms with Crippen LogP contribution in [0.15, 0.2) is 18.2 Å². The number of nitrogens with two attached hydrogens (primary N) is 1. The Balaban J connectivity index is 3.00. The van der Waals surface area contributed by atoms with Gasteiger partial charge in [-0.15, -0.1) is 0 Å². The molecule has 0 aromatic heterocycles. The molecular weight excluding hydrogens is 285 g/mol. The predicted molar refractivity (Wildman–Crippen MR) is 73.0 cm³/mol. The van der Waals surface area contributed by atoms with Crippen molar-refractivity contribution in [1.82, 2.24) is 5.32 Å². The van der Waals surface area contributed by atoms with Crippen molar-refractivity contribution in [3.05, 3.63) is 29.3 Å². The Morgan fingerprint density at radius 2 is 2.10 bits per heavy atom. The number of carbonyl (C=O) groups excluding carboxylic acids is 1. The second kappa shape index (κ2) is 7.31. The molecular formula is C14H19F3N2O2. The SMILES string of the molecule is CCC(N)Cc1ccc(OCC(=O)NC)c(C(F)(F)F)c1. The van der Waals surface area contributed by atoms with Crippen molar-refractivity contribution in [1.29, 1.82) is 0 Å². The maximum Gasteiger partial charge on any atom is 0.419 e. The quantitative estimate of drug-likeness (QED) is 0.846. The van der Waals surface area contributed by atoms with Crippen molar-refractivity contribution in [2.24, 2.45) is 5.73 Å². The van der Waals surface area contributed by atoms with E-state index in [9.17, 15) is 18.0 Å². The lowest BCUT2D eigenvalue weighted by atomic mass is 10.0. The predicted octanol–water partition coefficient (Wildman–Crippen LogP) is 2.11. The van der Waals surface area contributed by atoms with Crippen LogP contribution >= 0.6 is 0 Å². The van der Waals surface area contributed by atoms with Gasteiger partial charge in [0.25, 0.3) is 5.91 Å². The van der Waals surface area contributed by atoms with Gasteiger partial charge in [-0.1, -0.05) is 13.0 Å². The number of carbonyl (C=O) groups is 1. The summed E-state index contributed by atoms with van der Waals surface area (Å²) in [5, 5.41) is 2.28. The molecule has 1 aromatic rings. The average Bonchev–Trinajstić information content (AvgIpc) is 2.44. The second-order valence-corrected chi connectivity index (χ2v) is 4.66. The summed E-state index contributed by atoms with van der Waals surface area (Å²) in [6.45, 7) is 1.41. The Bertz CT molecular complexity index is 490. The Kier molecular flexibility index (Phi) is 6.02. The number of amides is 1. The number of ether oxygens (including phenoxy) is 1. The van der Waals surface area contributed by atoms with Gasteiger partial charge in [0, 0.05) is 13.1 Å². The summed E-state index contributed by atoms with van der Waals surface area (Å²) < 4.78 is 44.1. The molecule has 1 amide bonds. The third-order valence-corrected chi connectivity index (χ3v) is 3.01. The molecule has 0 aliphatic rings. The molecule has 0 saturated heterocycles. The van der Waals surface area contributed by atoms with Gasteiger partial charge in [0.05, 0.1) is 5.56 Å². The van der Waals surface area contributed by atoms with Crippen molar-refractivity contribution in [2.75, 3.05) is 13.7 Å². The minimum absolute atomic E-state index is 0.191. The number of hydrogen-bond acceptors (Lipinski definition) is 3. The molecule has 1 rings (SSSR count). The van der Waals surface area contributed by atoms with Crippen molar-refractivity contribution in [3.8, 4) is 5.75 Å². The highest BCUT2D eigenvalue weighted by atomic mass is 19.4. The van der Waals surface area contributed by atoms with Gasteiger partial charge >= 0.3 is 6.18 Å². The normalized spacial score (nSPS) is 12.9. The minimum Gasteiger partial charge on any atom is -0.483 e. The Morgan fingerprint density at radius 1 is 1.43 bits per heavy atom. The van der Waals surface area contributed by atoms with Gasteiger partial charge in [-0.05, 0) is 30.5 Å². The first kappa shape index (κ1) is 17.3. The maximum absolute atomic E-state index is 13.0. The van der Waals surface area contributed by atoms with E-state index in [2.05, 4.69) is 5.32 Å². The minimum atomic E-state index is -4.55. The molecule has 0 heterocycles. The Morgan fingerprint density at radius 3 is 2.62 bits per heavy atom. The van der Waals surface area contributed by atoms with E-state index in [-0.39, 0.29) is 11.8 Å². The Hall–Kier alpha value is -1.76. The fraction of sp³-hybridized carbons (Fsp3) is 0.500. The lowest BCUT2D eigenvalue weighted by Crippen LogP contribution is -2.25. The summed E-state index contributed by atoms with van der Waals surface area (Å²) in [7, 11) is 1.38. The van der Waals surface area contributed by atoms with Crippen LogP contribution in [0.25, 0.3) is 0 Å². The van der Waals surface area contributed by atoms with E-state index in [1.54, 1.807) is 0 Å². The van der Waals surface area contributed by atoms with Gasteiger partial charge < -0.3 is 15.8 Å². The zero-order valence-electron chi connectivity index (χ0n) is 12.0. The van der Waals surface area contributed by atoms with Crippen LogP contribution in [-0.4, -0.2) is 25.6 Å². The van der Waals surface area contributed by atoms with E-state index in [1.165, 1.54) is 19.2 Å². The first-order valence-corrected chi connectivity index (χ1v) is 6.57. The molecule has 4 nitrogen and oxygen atoms in total. The van der Waals surface area contributed by atoms with Crippen molar-refractivity contribution in [3.63, 3.8) is 0 Å². The summed E-state index contributed by atoms with van der Waals surface area (Å²) in [6, 6.07) is 3.59. The van der Waals surface area contributed by atoms with Crippen LogP contribution in [-0.2, 0) is 17.4 Å². The fourth-order valence-corrected chi connectivity index (χ4v) is 1.71. The van der Waals surface area contributed by atoms with Crippen LogP contribution in [0.1, 0.15) is 24.5 Å². The molecule has 0 saturated carbocycles. The number of benzene rings is 1. The number of rotatable bonds is 6. The van der Waals surface area contributed by atoms with Crippen molar-refractivity contribution < 1.29 is 22.7 Å². The fourth-order valence-electron chi connectivity index (χ4n) is 1.71. The zero-order chi connectivity index (χ0) is 16.0. The Labute approximate surface area is 121 Å². The second-order valence-electron chi connectivity index (χ2n) is 4.66. The van der Waals surface area contributed by atoms with Crippen molar-refractivity contribution >= 4 is 5.91 Å². The highest BCUT2D eigenvalue weighted by Gasteiger charge is 2.34. The molecule has 0 spiro atoms. The number of alkyl halides is 3. The number of nitrogens with one attached hydrogen (secondary N) is 1. The molecule has 1 aromatic carbocycles. The van der Waals surface area contributed by atoms with E-state index in [0.29, 0.717) is 18.4 Å². The number of halogens is 3. The van der Waals surface area contributed by atoms with E-state index in [4.69, 9.17) is 10.5 Å². The third kappa shape index (κ3) is 5.26. The molecule has 0 aliphatic heterocycles. The molecule has 1 atom stereocenters. The number of likely N-dealkylation sites (N-methyl/N-ethyl adjacent to an activating group) is 1. The largest absolute Gasteiger partial charge is 0.483 e. The molecule has 3 N–H and O–H groups in total. The molecule has 7 heteroatoms. The lowest BCUT2D eigenvalue weighted by molar-refractivity contribution is -0.139. The van der Waals surface area contributed by atoms with Crippen molar-refractivity contribution in [2.45, 2.75) is 32.0 Å². The summed E-state index contributed by atoms with van der Waals surface area (Å²) in [5.74, 6) is -0.861. The summed E-state index contributed by atoms with van der Waals surface area (Å²) >= 11 is 0. The molecule has 21 heavy (non-hydrogen) atoms. The monoisotopic (exact) mass is 304 g/mol. The van der Waals surface area contributed by atoms with Crippen LogP contribution in [0.4, 0.5) is 13.2 Å². The van der Waals surface area contributed by atoms with Gasteiger partial charge in [-0.3, -0.25) is 4.79 Å². The highest BCUT2D eigenvalue weighted by molar-refractivity contribution is 5.77. The summed E-state index contributed by atoms with van der Waals surface area (Å²) in [6.07, 6.45) is -3.52. The van der Waals surface area contributed by atoms with E-state index in [1.807, 2.05) is 6.92 Å². The highest BCUT2D eigenvalue weighted by Crippen LogP contribution is 2.37. The molecule has 118 valence electrons. The van der Waals surface area contributed by atoms with E-state index >= 15 is 0 Å². The molecule has 0 aliphatic carbocycles. The topological polar surface area (TPSA) is 64.3 Å².